The van der Waals surface area contributed by atoms with Crippen molar-refractivity contribution in [3.8, 4) is 0 Å². The molecule has 1 saturated heterocycles. The number of carbonyl (C=O) groups is 2. The maximum absolute atomic E-state index is 13.5. The lowest BCUT2D eigenvalue weighted by atomic mass is 10.1. The number of anilines is 2. The summed E-state index contributed by atoms with van der Waals surface area (Å²) in [6.45, 7) is 0.281. The number of nitrogens with zero attached hydrogens (tertiary/aromatic N) is 2. The van der Waals surface area contributed by atoms with Gasteiger partial charge >= 0.3 is 6.18 Å². The summed E-state index contributed by atoms with van der Waals surface area (Å²) >= 11 is 13.7. The van der Waals surface area contributed by atoms with Crippen molar-refractivity contribution in [2.75, 3.05) is 16.8 Å². The quantitative estimate of drug-likeness (QED) is 0.232. The topological polar surface area (TPSA) is 52.7 Å². The molecule has 11 heteroatoms. The van der Waals surface area contributed by atoms with Crippen LogP contribution in [0.25, 0.3) is 0 Å². The van der Waals surface area contributed by atoms with Gasteiger partial charge in [-0.15, -0.1) is 0 Å². The SMILES string of the molecule is O=C(CC1C(=O)N(c2cccc(C(F)(F)F)c2)C(=S)N1CCc1ccc(Cl)cc1)Nc1ccc(I)cc1. The fourth-order valence-electron chi connectivity index (χ4n) is 3.97. The molecular formula is C26H20ClF3IN3O2S. The Morgan fingerprint density at radius 3 is 2.38 bits per heavy atom. The van der Waals surface area contributed by atoms with Crippen LogP contribution < -0.4 is 10.2 Å². The number of nitrogens with one attached hydrogen (secondary N) is 1. The van der Waals surface area contributed by atoms with Gasteiger partial charge in [0.1, 0.15) is 6.04 Å². The Hall–Kier alpha value is -2.70. The molecule has 0 aromatic heterocycles. The number of hydrogen-bond donors (Lipinski definition) is 1. The van der Waals surface area contributed by atoms with E-state index in [9.17, 15) is 22.8 Å². The number of thiocarbonyl (C=S) groups is 1. The van der Waals surface area contributed by atoms with Crippen molar-refractivity contribution in [1.29, 1.82) is 0 Å². The van der Waals surface area contributed by atoms with Crippen molar-refractivity contribution >= 4 is 74.7 Å². The molecule has 1 fully saturated rings. The maximum Gasteiger partial charge on any atom is 0.416 e. The van der Waals surface area contributed by atoms with Crippen LogP contribution in [0.15, 0.2) is 72.8 Å². The van der Waals surface area contributed by atoms with Gasteiger partial charge in [-0.05, 0) is 101 Å². The molecule has 0 spiro atoms. The minimum atomic E-state index is -4.58. The van der Waals surface area contributed by atoms with Gasteiger partial charge in [0.05, 0.1) is 17.7 Å². The average molecular weight is 658 g/mol. The third-order valence-corrected chi connectivity index (χ3v) is 7.20. The Bertz CT molecular complexity index is 1320. The molecule has 3 aromatic rings. The molecular weight excluding hydrogens is 638 g/mol. The lowest BCUT2D eigenvalue weighted by Crippen LogP contribution is -2.39. The Kier molecular flexibility index (Phi) is 8.39. The Balaban J connectivity index is 1.59. The van der Waals surface area contributed by atoms with Crippen LogP contribution in [0, 0.1) is 3.57 Å². The summed E-state index contributed by atoms with van der Waals surface area (Å²) in [4.78, 5) is 29.0. The van der Waals surface area contributed by atoms with Gasteiger partial charge < -0.3 is 10.2 Å². The monoisotopic (exact) mass is 657 g/mol. The minimum Gasteiger partial charge on any atom is -0.336 e. The molecule has 192 valence electrons. The molecule has 1 unspecified atom stereocenters. The summed E-state index contributed by atoms with van der Waals surface area (Å²) in [5.74, 6) is -0.970. The van der Waals surface area contributed by atoms with Gasteiger partial charge in [-0.2, -0.15) is 13.2 Å². The summed E-state index contributed by atoms with van der Waals surface area (Å²) in [5.41, 5.74) is 0.607. The molecule has 1 atom stereocenters. The van der Waals surface area contributed by atoms with Crippen LogP contribution in [0.5, 0.6) is 0 Å². The third-order valence-electron chi connectivity index (χ3n) is 5.81. The molecule has 0 radical (unpaired) electrons. The number of amides is 2. The van der Waals surface area contributed by atoms with Gasteiger partial charge in [0, 0.05) is 20.8 Å². The van der Waals surface area contributed by atoms with E-state index in [4.69, 9.17) is 23.8 Å². The van der Waals surface area contributed by atoms with Crippen LogP contribution >= 0.6 is 46.4 Å². The molecule has 0 saturated carbocycles. The number of hydrogen-bond acceptors (Lipinski definition) is 3. The van der Waals surface area contributed by atoms with E-state index in [0.29, 0.717) is 17.1 Å². The highest BCUT2D eigenvalue weighted by molar-refractivity contribution is 14.1. The molecule has 1 aliphatic heterocycles. The summed E-state index contributed by atoms with van der Waals surface area (Å²) in [6, 6.07) is 17.8. The molecule has 3 aromatic carbocycles. The number of halogens is 5. The summed E-state index contributed by atoms with van der Waals surface area (Å²) in [6.07, 6.45) is -4.32. The van der Waals surface area contributed by atoms with E-state index < -0.39 is 29.6 Å². The zero-order valence-corrected chi connectivity index (χ0v) is 22.9. The van der Waals surface area contributed by atoms with E-state index in [1.165, 1.54) is 12.1 Å². The lowest BCUT2D eigenvalue weighted by molar-refractivity contribution is -0.137. The molecule has 1 aliphatic rings. The molecule has 37 heavy (non-hydrogen) atoms. The van der Waals surface area contributed by atoms with Crippen molar-refractivity contribution in [2.24, 2.45) is 0 Å². The van der Waals surface area contributed by atoms with Gasteiger partial charge in [-0.25, -0.2) is 0 Å². The number of benzene rings is 3. The van der Waals surface area contributed by atoms with Gasteiger partial charge in [-0.1, -0.05) is 29.8 Å². The molecule has 4 rings (SSSR count). The second-order valence-corrected chi connectivity index (χ2v) is 10.4. The smallest absolute Gasteiger partial charge is 0.336 e. The van der Waals surface area contributed by atoms with Gasteiger partial charge in [0.25, 0.3) is 5.91 Å². The van der Waals surface area contributed by atoms with E-state index in [1.807, 2.05) is 24.3 Å². The van der Waals surface area contributed by atoms with Crippen molar-refractivity contribution in [2.45, 2.75) is 25.1 Å². The maximum atomic E-state index is 13.5. The van der Waals surface area contributed by atoms with Gasteiger partial charge in [0.15, 0.2) is 5.11 Å². The van der Waals surface area contributed by atoms with E-state index in [2.05, 4.69) is 27.9 Å². The fourth-order valence-corrected chi connectivity index (χ4v) is 4.87. The fraction of sp³-hybridized carbons (Fsp3) is 0.192. The van der Waals surface area contributed by atoms with Crippen molar-refractivity contribution in [1.82, 2.24) is 4.90 Å². The molecule has 0 aliphatic carbocycles. The number of carbonyl (C=O) groups excluding carboxylic acids is 2. The van der Waals surface area contributed by atoms with Crippen molar-refractivity contribution in [3.63, 3.8) is 0 Å². The van der Waals surface area contributed by atoms with E-state index in [-0.39, 0.29) is 23.8 Å². The molecule has 1 heterocycles. The zero-order valence-electron chi connectivity index (χ0n) is 19.1. The first-order valence-electron chi connectivity index (χ1n) is 11.1. The first-order valence-corrected chi connectivity index (χ1v) is 13.0. The van der Waals surface area contributed by atoms with E-state index in [1.54, 1.807) is 29.2 Å². The lowest BCUT2D eigenvalue weighted by Gasteiger charge is -2.24. The highest BCUT2D eigenvalue weighted by Crippen LogP contribution is 2.34. The van der Waals surface area contributed by atoms with Crippen LogP contribution in [-0.4, -0.2) is 34.4 Å². The molecule has 1 N–H and O–H groups in total. The van der Waals surface area contributed by atoms with E-state index >= 15 is 0 Å². The average Bonchev–Trinajstić information content (AvgIpc) is 3.08. The van der Waals surface area contributed by atoms with Crippen LogP contribution in [-0.2, 0) is 22.2 Å². The molecule has 5 nitrogen and oxygen atoms in total. The first-order chi connectivity index (χ1) is 17.5. The second kappa shape index (κ2) is 11.4. The van der Waals surface area contributed by atoms with Crippen molar-refractivity contribution in [3.05, 3.63) is 92.5 Å². The Morgan fingerprint density at radius 1 is 1.05 bits per heavy atom. The third kappa shape index (κ3) is 6.60. The molecule has 0 bridgehead atoms. The van der Waals surface area contributed by atoms with Crippen LogP contribution in [0.4, 0.5) is 24.5 Å². The minimum absolute atomic E-state index is 0.00172. The van der Waals surface area contributed by atoms with Crippen LogP contribution in [0.3, 0.4) is 0 Å². The summed E-state index contributed by atoms with van der Waals surface area (Å²) < 4.78 is 41.0. The summed E-state index contributed by atoms with van der Waals surface area (Å²) in [7, 11) is 0. The highest BCUT2D eigenvalue weighted by atomic mass is 127. The first kappa shape index (κ1) is 27.3. The van der Waals surface area contributed by atoms with Gasteiger partial charge in [-0.3, -0.25) is 14.5 Å². The number of rotatable bonds is 7. The predicted molar refractivity (Wildman–Crippen MR) is 150 cm³/mol. The highest BCUT2D eigenvalue weighted by Gasteiger charge is 2.44. The number of alkyl halides is 3. The molecule has 2 amide bonds. The van der Waals surface area contributed by atoms with Gasteiger partial charge in [0.2, 0.25) is 5.91 Å². The largest absolute Gasteiger partial charge is 0.416 e. The van der Waals surface area contributed by atoms with E-state index in [0.717, 1.165) is 26.2 Å². The van der Waals surface area contributed by atoms with Crippen LogP contribution in [0.2, 0.25) is 5.02 Å². The summed E-state index contributed by atoms with van der Waals surface area (Å²) in [5, 5.41) is 3.40. The van der Waals surface area contributed by atoms with Crippen LogP contribution in [0.1, 0.15) is 17.5 Å². The Labute approximate surface area is 235 Å². The van der Waals surface area contributed by atoms with Crippen molar-refractivity contribution < 1.29 is 22.8 Å². The second-order valence-electron chi connectivity index (χ2n) is 8.35. The standard InChI is InChI=1S/C26H20ClF3IN3O2S/c27-18-6-4-16(5-7-18)12-13-33-22(15-23(35)32-20-10-8-19(31)9-11-20)24(36)34(25(33)37)21-3-1-2-17(14-21)26(28,29)30/h1-11,14,22H,12-13,15H2,(H,32,35). The normalized spacial score (nSPS) is 15.9. The zero-order chi connectivity index (χ0) is 26.7. The predicted octanol–water partition coefficient (Wildman–Crippen LogP) is 6.54. The Morgan fingerprint density at radius 2 is 1.73 bits per heavy atom.